The predicted octanol–water partition coefficient (Wildman–Crippen LogP) is 4.05. The number of benzene rings is 2. The van der Waals surface area contributed by atoms with Crippen molar-refractivity contribution in [1.29, 1.82) is 5.26 Å². The Labute approximate surface area is 119 Å². The molecule has 0 aromatic heterocycles. The van der Waals surface area contributed by atoms with Crippen molar-refractivity contribution in [3.8, 4) is 6.07 Å². The van der Waals surface area contributed by atoms with E-state index in [2.05, 4.69) is 6.07 Å². The molecule has 0 saturated heterocycles. The van der Waals surface area contributed by atoms with Gasteiger partial charge in [0.1, 0.15) is 5.92 Å². The summed E-state index contributed by atoms with van der Waals surface area (Å²) in [5.74, 6) is -0.844. The van der Waals surface area contributed by atoms with Crippen molar-refractivity contribution in [2.75, 3.05) is 0 Å². The third-order valence-electron chi connectivity index (χ3n) is 3.55. The predicted molar refractivity (Wildman–Crippen MR) is 79.7 cm³/mol. The van der Waals surface area contributed by atoms with Gasteiger partial charge in [-0.2, -0.15) is 5.26 Å². The van der Waals surface area contributed by atoms with Gasteiger partial charge in [0.25, 0.3) is 0 Å². The summed E-state index contributed by atoms with van der Waals surface area (Å²) in [6.07, 6.45) is 0.786. The maximum Gasteiger partial charge on any atom is 0.184 e. The summed E-state index contributed by atoms with van der Waals surface area (Å²) in [5, 5.41) is 9.43. The summed E-state index contributed by atoms with van der Waals surface area (Å²) < 4.78 is 0. The van der Waals surface area contributed by atoms with Gasteiger partial charge in [-0.1, -0.05) is 55.5 Å². The molecule has 2 heteroatoms. The number of carbonyl (C=O) groups excluding carboxylic acids is 1. The van der Waals surface area contributed by atoms with Crippen LogP contribution in [0.2, 0.25) is 0 Å². The second-order valence-corrected chi connectivity index (χ2v) is 4.79. The number of hydrogen-bond acceptors (Lipinski definition) is 2. The number of rotatable bonds is 4. The van der Waals surface area contributed by atoms with Crippen molar-refractivity contribution < 1.29 is 4.79 Å². The van der Waals surface area contributed by atoms with Crippen LogP contribution in [0, 0.1) is 18.3 Å². The van der Waals surface area contributed by atoms with Crippen LogP contribution in [0.3, 0.4) is 0 Å². The summed E-state index contributed by atoms with van der Waals surface area (Å²) in [6.45, 7) is 3.94. The second kappa shape index (κ2) is 6.16. The van der Waals surface area contributed by atoms with Crippen LogP contribution >= 0.6 is 0 Å². The Balaban J connectivity index is 2.46. The van der Waals surface area contributed by atoms with E-state index >= 15 is 0 Å². The molecule has 0 spiro atoms. The first-order chi connectivity index (χ1) is 9.69. The molecule has 2 aromatic carbocycles. The number of Topliss-reactive ketones (excluding diaryl/α,β-unsaturated/α-hetero) is 1. The van der Waals surface area contributed by atoms with Gasteiger partial charge in [-0.15, -0.1) is 0 Å². The van der Waals surface area contributed by atoms with E-state index in [1.807, 2.05) is 62.4 Å². The third-order valence-corrected chi connectivity index (χ3v) is 3.55. The first-order valence-electron chi connectivity index (χ1n) is 6.76. The fraction of sp³-hybridized carbons (Fsp3) is 0.222. The summed E-state index contributed by atoms with van der Waals surface area (Å²) in [6, 6.07) is 17.2. The fourth-order valence-corrected chi connectivity index (χ4v) is 2.40. The zero-order chi connectivity index (χ0) is 14.5. The standard InChI is InChI=1S/C18H17NO/c1-3-14-9-5-7-11-16(14)18(20)17(12-19)15-10-6-4-8-13(15)2/h4-11,17H,3H2,1-2H3. The number of hydrogen-bond donors (Lipinski definition) is 0. The molecule has 1 atom stereocenters. The van der Waals surface area contributed by atoms with Gasteiger partial charge in [-0.25, -0.2) is 0 Å². The molecule has 2 aromatic rings. The molecule has 0 fully saturated rings. The smallest absolute Gasteiger partial charge is 0.184 e. The average Bonchev–Trinajstić information content (AvgIpc) is 2.49. The molecular weight excluding hydrogens is 246 g/mol. The number of carbonyl (C=O) groups is 1. The van der Waals surface area contributed by atoms with E-state index in [0.717, 1.165) is 23.1 Å². The molecule has 0 aliphatic carbocycles. The van der Waals surface area contributed by atoms with Crippen LogP contribution in [0.5, 0.6) is 0 Å². The number of aryl methyl sites for hydroxylation is 2. The minimum Gasteiger partial charge on any atom is -0.292 e. The summed E-state index contributed by atoms with van der Waals surface area (Å²) in [7, 11) is 0. The van der Waals surface area contributed by atoms with Gasteiger partial charge in [-0.3, -0.25) is 4.79 Å². The van der Waals surface area contributed by atoms with Gasteiger partial charge in [0.15, 0.2) is 5.78 Å². The Morgan fingerprint density at radius 1 is 1.15 bits per heavy atom. The van der Waals surface area contributed by atoms with Gasteiger partial charge in [0, 0.05) is 5.56 Å². The maximum absolute atomic E-state index is 12.7. The summed E-state index contributed by atoms with van der Waals surface area (Å²) >= 11 is 0. The average molecular weight is 263 g/mol. The number of nitriles is 1. The van der Waals surface area contributed by atoms with Gasteiger partial charge in [-0.05, 0) is 30.0 Å². The second-order valence-electron chi connectivity index (χ2n) is 4.79. The van der Waals surface area contributed by atoms with Crippen molar-refractivity contribution in [1.82, 2.24) is 0 Å². The van der Waals surface area contributed by atoms with Crippen molar-refractivity contribution in [3.63, 3.8) is 0 Å². The van der Waals surface area contributed by atoms with Crippen LogP contribution < -0.4 is 0 Å². The molecule has 0 bridgehead atoms. The van der Waals surface area contributed by atoms with Crippen LogP contribution in [0.15, 0.2) is 48.5 Å². The van der Waals surface area contributed by atoms with Crippen LogP contribution in [0.1, 0.15) is 39.9 Å². The number of ketones is 1. The van der Waals surface area contributed by atoms with Crippen LogP contribution in [0.25, 0.3) is 0 Å². The highest BCUT2D eigenvalue weighted by molar-refractivity contribution is 6.04. The van der Waals surface area contributed by atoms with Gasteiger partial charge in [0.2, 0.25) is 0 Å². The molecule has 0 heterocycles. The molecule has 0 N–H and O–H groups in total. The van der Waals surface area contributed by atoms with Crippen LogP contribution in [-0.4, -0.2) is 5.78 Å². The molecule has 0 aliphatic rings. The molecule has 0 aliphatic heterocycles. The maximum atomic E-state index is 12.7. The lowest BCUT2D eigenvalue weighted by atomic mass is 9.87. The highest BCUT2D eigenvalue weighted by Gasteiger charge is 2.24. The Bertz CT molecular complexity index is 667. The minimum atomic E-state index is -0.733. The molecular formula is C18H17NO. The Morgan fingerprint density at radius 3 is 2.45 bits per heavy atom. The molecule has 0 saturated carbocycles. The van der Waals surface area contributed by atoms with Gasteiger partial charge >= 0.3 is 0 Å². The molecule has 2 nitrogen and oxygen atoms in total. The van der Waals surface area contributed by atoms with Crippen LogP contribution in [-0.2, 0) is 6.42 Å². The van der Waals surface area contributed by atoms with E-state index < -0.39 is 5.92 Å². The summed E-state index contributed by atoms with van der Waals surface area (Å²) in [5.41, 5.74) is 3.42. The van der Waals surface area contributed by atoms with Crippen molar-refractivity contribution in [3.05, 3.63) is 70.8 Å². The molecule has 1 unspecified atom stereocenters. The fourth-order valence-electron chi connectivity index (χ4n) is 2.40. The van der Waals surface area contributed by atoms with E-state index in [0.29, 0.717) is 5.56 Å². The van der Waals surface area contributed by atoms with Crippen molar-refractivity contribution in [2.45, 2.75) is 26.2 Å². The van der Waals surface area contributed by atoms with E-state index in [1.54, 1.807) is 0 Å². The first kappa shape index (κ1) is 14.0. The quantitative estimate of drug-likeness (QED) is 0.781. The van der Waals surface area contributed by atoms with Crippen molar-refractivity contribution in [2.24, 2.45) is 0 Å². The van der Waals surface area contributed by atoms with E-state index in [-0.39, 0.29) is 5.78 Å². The topological polar surface area (TPSA) is 40.9 Å². The SMILES string of the molecule is CCc1ccccc1C(=O)C(C#N)c1ccccc1C. The minimum absolute atomic E-state index is 0.112. The zero-order valence-electron chi connectivity index (χ0n) is 11.8. The highest BCUT2D eigenvalue weighted by Crippen LogP contribution is 2.25. The molecule has 20 heavy (non-hydrogen) atoms. The van der Waals surface area contributed by atoms with Gasteiger partial charge in [0.05, 0.1) is 6.07 Å². The zero-order valence-corrected chi connectivity index (χ0v) is 11.8. The lowest BCUT2D eigenvalue weighted by Crippen LogP contribution is -2.14. The van der Waals surface area contributed by atoms with E-state index in [4.69, 9.17) is 0 Å². The normalized spacial score (nSPS) is 11.7. The van der Waals surface area contributed by atoms with Crippen LogP contribution in [0.4, 0.5) is 0 Å². The monoisotopic (exact) mass is 263 g/mol. The Kier molecular flexibility index (Phi) is 4.32. The Morgan fingerprint density at radius 2 is 1.80 bits per heavy atom. The summed E-state index contributed by atoms with van der Waals surface area (Å²) in [4.78, 5) is 12.7. The lowest BCUT2D eigenvalue weighted by molar-refractivity contribution is 0.0977. The van der Waals surface area contributed by atoms with E-state index in [9.17, 15) is 10.1 Å². The molecule has 2 rings (SSSR count). The van der Waals surface area contributed by atoms with Crippen molar-refractivity contribution >= 4 is 5.78 Å². The van der Waals surface area contributed by atoms with Gasteiger partial charge < -0.3 is 0 Å². The third kappa shape index (κ3) is 2.62. The number of nitrogens with zero attached hydrogens (tertiary/aromatic N) is 1. The van der Waals surface area contributed by atoms with E-state index in [1.165, 1.54) is 0 Å². The molecule has 0 amide bonds. The molecule has 0 radical (unpaired) electrons. The lowest BCUT2D eigenvalue weighted by Gasteiger charge is -2.13. The largest absolute Gasteiger partial charge is 0.292 e. The Hall–Kier alpha value is -2.40. The first-order valence-corrected chi connectivity index (χ1v) is 6.76. The highest BCUT2D eigenvalue weighted by atomic mass is 16.1. The molecule has 100 valence electrons.